The number of amides is 1. The lowest BCUT2D eigenvalue weighted by Gasteiger charge is -2.08. The van der Waals surface area contributed by atoms with Crippen LogP contribution in [0.4, 0.5) is 0 Å². The fourth-order valence-electron chi connectivity index (χ4n) is 2.29. The number of nitrogens with zero attached hydrogens (tertiary/aromatic N) is 1. The number of hydrogen-bond donors (Lipinski definition) is 2. The Labute approximate surface area is 120 Å². The van der Waals surface area contributed by atoms with Gasteiger partial charge in [-0.1, -0.05) is 19.9 Å². The van der Waals surface area contributed by atoms with Crippen LogP contribution in [0.1, 0.15) is 25.8 Å². The van der Waals surface area contributed by atoms with Crippen LogP contribution in [0.5, 0.6) is 0 Å². The van der Waals surface area contributed by atoms with Crippen LogP contribution in [0.25, 0.3) is 10.9 Å². The zero-order chi connectivity index (χ0) is 14.5. The normalized spacial score (nSPS) is 11.3. The van der Waals surface area contributed by atoms with Gasteiger partial charge in [0.2, 0.25) is 5.91 Å². The third kappa shape index (κ3) is 3.84. The van der Waals surface area contributed by atoms with E-state index in [2.05, 4.69) is 48.0 Å². The lowest BCUT2D eigenvalue weighted by atomic mass is 10.1. The predicted molar refractivity (Wildman–Crippen MR) is 82.3 cm³/mol. The topological polar surface area (TPSA) is 60.1 Å². The number of primary amides is 1. The summed E-state index contributed by atoms with van der Waals surface area (Å²) in [6.45, 7) is 6.96. The van der Waals surface area contributed by atoms with E-state index in [0.29, 0.717) is 18.9 Å². The Balaban J connectivity index is 2.05. The number of aromatic nitrogens is 1. The predicted octanol–water partition coefficient (Wildman–Crippen LogP) is 2.26. The molecular formula is C16H23N3O. The van der Waals surface area contributed by atoms with Gasteiger partial charge in [-0.25, -0.2) is 0 Å². The van der Waals surface area contributed by atoms with Crippen molar-refractivity contribution in [3.63, 3.8) is 0 Å². The maximum absolute atomic E-state index is 10.9. The highest BCUT2D eigenvalue weighted by Gasteiger charge is 2.04. The van der Waals surface area contributed by atoms with Gasteiger partial charge in [-0.3, -0.25) is 4.79 Å². The van der Waals surface area contributed by atoms with Crippen molar-refractivity contribution in [3.8, 4) is 0 Å². The molecule has 108 valence electrons. The van der Waals surface area contributed by atoms with Gasteiger partial charge in [0.05, 0.1) is 0 Å². The second kappa shape index (κ2) is 6.57. The molecule has 1 aromatic heterocycles. The van der Waals surface area contributed by atoms with E-state index in [1.165, 1.54) is 10.9 Å². The first-order valence-electron chi connectivity index (χ1n) is 7.13. The molecule has 0 saturated heterocycles. The summed E-state index contributed by atoms with van der Waals surface area (Å²) in [4.78, 5) is 10.9. The van der Waals surface area contributed by atoms with Gasteiger partial charge in [0.25, 0.3) is 0 Å². The summed E-state index contributed by atoms with van der Waals surface area (Å²) in [6, 6.07) is 8.53. The van der Waals surface area contributed by atoms with E-state index in [9.17, 15) is 4.79 Å². The first-order chi connectivity index (χ1) is 9.56. The molecule has 0 spiro atoms. The van der Waals surface area contributed by atoms with E-state index in [4.69, 9.17) is 5.73 Å². The van der Waals surface area contributed by atoms with Gasteiger partial charge in [-0.05, 0) is 41.6 Å². The highest BCUT2D eigenvalue weighted by atomic mass is 16.1. The van der Waals surface area contributed by atoms with Crippen LogP contribution < -0.4 is 11.1 Å². The molecule has 0 fully saturated rings. The van der Waals surface area contributed by atoms with Gasteiger partial charge in [-0.2, -0.15) is 0 Å². The molecule has 1 amide bonds. The number of fused-ring (bicyclic) bond motifs is 1. The van der Waals surface area contributed by atoms with Crippen LogP contribution in [0, 0.1) is 5.92 Å². The molecule has 0 unspecified atom stereocenters. The van der Waals surface area contributed by atoms with Crippen molar-refractivity contribution in [2.45, 2.75) is 33.4 Å². The van der Waals surface area contributed by atoms with Crippen molar-refractivity contribution in [1.29, 1.82) is 0 Å². The molecule has 0 bridgehead atoms. The third-order valence-electron chi connectivity index (χ3n) is 3.32. The Bertz CT molecular complexity index is 586. The smallest absolute Gasteiger partial charge is 0.219 e. The van der Waals surface area contributed by atoms with Crippen molar-refractivity contribution in [1.82, 2.24) is 9.88 Å². The maximum atomic E-state index is 10.9. The minimum atomic E-state index is -0.263. The van der Waals surface area contributed by atoms with Gasteiger partial charge >= 0.3 is 0 Å². The fraction of sp³-hybridized carbons (Fsp3) is 0.438. The first-order valence-corrected chi connectivity index (χ1v) is 7.13. The number of rotatable bonds is 7. The first kappa shape index (κ1) is 14.6. The van der Waals surface area contributed by atoms with Crippen LogP contribution >= 0.6 is 0 Å². The highest BCUT2D eigenvalue weighted by Crippen LogP contribution is 2.18. The number of benzene rings is 1. The molecule has 2 rings (SSSR count). The molecule has 3 N–H and O–H groups in total. The van der Waals surface area contributed by atoms with Crippen molar-refractivity contribution >= 4 is 16.8 Å². The minimum absolute atomic E-state index is 0.263. The number of aryl methyl sites for hydroxylation is 1. The number of carbonyl (C=O) groups is 1. The average Bonchev–Trinajstić information content (AvgIpc) is 2.78. The Morgan fingerprint density at radius 3 is 2.85 bits per heavy atom. The standard InChI is InChI=1S/C16H23N3O/c1-12(2)10-18-11-13-3-4-15-14(9-13)5-7-19(15)8-6-16(17)20/h3-5,7,9,12,18H,6,8,10-11H2,1-2H3,(H2,17,20). The summed E-state index contributed by atoms with van der Waals surface area (Å²) < 4.78 is 2.07. The minimum Gasteiger partial charge on any atom is -0.370 e. The summed E-state index contributed by atoms with van der Waals surface area (Å²) >= 11 is 0. The Kier molecular flexibility index (Phi) is 4.79. The molecule has 1 aromatic carbocycles. The van der Waals surface area contributed by atoms with E-state index in [1.807, 2.05) is 6.20 Å². The Morgan fingerprint density at radius 2 is 2.15 bits per heavy atom. The van der Waals surface area contributed by atoms with Crippen LogP contribution in [0.15, 0.2) is 30.5 Å². The molecule has 0 aliphatic carbocycles. The molecule has 0 saturated carbocycles. The van der Waals surface area contributed by atoms with E-state index in [0.717, 1.165) is 18.6 Å². The monoisotopic (exact) mass is 273 g/mol. The molecule has 2 aromatic rings. The van der Waals surface area contributed by atoms with Gasteiger partial charge in [-0.15, -0.1) is 0 Å². The van der Waals surface area contributed by atoms with Crippen molar-refractivity contribution in [2.24, 2.45) is 11.7 Å². The summed E-state index contributed by atoms with van der Waals surface area (Å²) in [6.07, 6.45) is 2.39. The van der Waals surface area contributed by atoms with E-state index in [-0.39, 0.29) is 5.91 Å². The molecule has 4 heteroatoms. The van der Waals surface area contributed by atoms with Gasteiger partial charge < -0.3 is 15.6 Å². The Morgan fingerprint density at radius 1 is 1.35 bits per heavy atom. The van der Waals surface area contributed by atoms with Crippen LogP contribution in [0.3, 0.4) is 0 Å². The molecule has 4 nitrogen and oxygen atoms in total. The summed E-state index contributed by atoms with van der Waals surface area (Å²) in [5.74, 6) is 0.398. The number of nitrogens with two attached hydrogens (primary N) is 1. The average molecular weight is 273 g/mol. The molecule has 20 heavy (non-hydrogen) atoms. The molecule has 0 aliphatic rings. The largest absolute Gasteiger partial charge is 0.370 e. The van der Waals surface area contributed by atoms with Crippen molar-refractivity contribution < 1.29 is 4.79 Å². The number of hydrogen-bond acceptors (Lipinski definition) is 2. The van der Waals surface area contributed by atoms with Gasteiger partial charge in [0, 0.05) is 31.2 Å². The molecule has 0 aliphatic heterocycles. The highest BCUT2D eigenvalue weighted by molar-refractivity contribution is 5.81. The molecule has 1 heterocycles. The number of carbonyl (C=O) groups excluding carboxylic acids is 1. The Hall–Kier alpha value is -1.81. The summed E-state index contributed by atoms with van der Waals surface area (Å²) in [5.41, 5.74) is 7.63. The number of nitrogens with one attached hydrogen (secondary N) is 1. The van der Waals surface area contributed by atoms with Crippen LogP contribution in [-0.4, -0.2) is 17.0 Å². The van der Waals surface area contributed by atoms with E-state index in [1.54, 1.807) is 0 Å². The second-order valence-electron chi connectivity index (χ2n) is 5.64. The molecular weight excluding hydrogens is 250 g/mol. The quantitative estimate of drug-likeness (QED) is 0.813. The zero-order valence-electron chi connectivity index (χ0n) is 12.2. The fourth-order valence-corrected chi connectivity index (χ4v) is 2.29. The van der Waals surface area contributed by atoms with E-state index >= 15 is 0 Å². The maximum Gasteiger partial charge on any atom is 0.219 e. The van der Waals surface area contributed by atoms with Crippen molar-refractivity contribution in [3.05, 3.63) is 36.0 Å². The van der Waals surface area contributed by atoms with Crippen LogP contribution in [-0.2, 0) is 17.9 Å². The summed E-state index contributed by atoms with van der Waals surface area (Å²) in [7, 11) is 0. The zero-order valence-corrected chi connectivity index (χ0v) is 12.2. The summed E-state index contributed by atoms with van der Waals surface area (Å²) in [5, 5.41) is 4.65. The lowest BCUT2D eigenvalue weighted by Crippen LogP contribution is -2.18. The third-order valence-corrected chi connectivity index (χ3v) is 3.32. The van der Waals surface area contributed by atoms with Gasteiger partial charge in [0.15, 0.2) is 0 Å². The molecule has 0 atom stereocenters. The lowest BCUT2D eigenvalue weighted by molar-refractivity contribution is -0.118. The second-order valence-corrected chi connectivity index (χ2v) is 5.64. The van der Waals surface area contributed by atoms with Crippen molar-refractivity contribution in [2.75, 3.05) is 6.54 Å². The van der Waals surface area contributed by atoms with Crippen LogP contribution in [0.2, 0.25) is 0 Å². The van der Waals surface area contributed by atoms with E-state index < -0.39 is 0 Å². The SMILES string of the molecule is CC(C)CNCc1ccc2c(ccn2CCC(N)=O)c1. The molecule has 0 radical (unpaired) electrons. The van der Waals surface area contributed by atoms with Gasteiger partial charge in [0.1, 0.15) is 0 Å².